The average Bonchev–Trinajstić information content (AvgIpc) is 2.94. The normalized spacial score (nSPS) is 14.0. The van der Waals surface area contributed by atoms with E-state index in [1.54, 1.807) is 0 Å². The highest BCUT2D eigenvalue weighted by atomic mass is 35.5. The lowest BCUT2D eigenvalue weighted by Gasteiger charge is -2.22. The number of carbonyl (C=O) groups excluding carboxylic acids is 1. The fourth-order valence-corrected chi connectivity index (χ4v) is 5.23. The summed E-state index contributed by atoms with van der Waals surface area (Å²) in [4.78, 5) is 26.5. The van der Waals surface area contributed by atoms with Crippen molar-refractivity contribution in [3.05, 3.63) is 110 Å². The van der Waals surface area contributed by atoms with Gasteiger partial charge in [0.15, 0.2) is 5.69 Å². The summed E-state index contributed by atoms with van der Waals surface area (Å²) in [7, 11) is 0. The zero-order valence-corrected chi connectivity index (χ0v) is 22.1. The van der Waals surface area contributed by atoms with E-state index in [0.29, 0.717) is 34.8 Å². The summed E-state index contributed by atoms with van der Waals surface area (Å²) in [5, 5.41) is 11.3. The fraction of sp³-hybridized carbons (Fsp3) is 0.323. The minimum absolute atomic E-state index is 0.106. The molecular formula is C31H32ClN3O3. The molecule has 1 aliphatic rings. The maximum absolute atomic E-state index is 13.5. The van der Waals surface area contributed by atoms with Crippen molar-refractivity contribution in [1.29, 1.82) is 0 Å². The summed E-state index contributed by atoms with van der Waals surface area (Å²) < 4.78 is 5.53. The average molecular weight is 530 g/mol. The van der Waals surface area contributed by atoms with Gasteiger partial charge in [-0.1, -0.05) is 60.1 Å². The number of aryl methyl sites for hydroxylation is 2. The number of aromatic amines is 1. The van der Waals surface area contributed by atoms with Crippen molar-refractivity contribution in [2.24, 2.45) is 5.92 Å². The minimum atomic E-state index is -0.470. The highest BCUT2D eigenvalue weighted by Gasteiger charge is 2.19. The van der Waals surface area contributed by atoms with Gasteiger partial charge in [-0.2, -0.15) is 5.10 Å². The van der Waals surface area contributed by atoms with Crippen molar-refractivity contribution >= 4 is 28.4 Å². The number of nitrogens with zero attached hydrogens (tertiary/aromatic N) is 1. The number of amides is 1. The number of aromatic nitrogens is 2. The molecule has 2 N–H and O–H groups in total. The quantitative estimate of drug-likeness (QED) is 0.308. The summed E-state index contributed by atoms with van der Waals surface area (Å²) >= 11 is 5.95. The van der Waals surface area contributed by atoms with Gasteiger partial charge in [-0.15, -0.1) is 0 Å². The van der Waals surface area contributed by atoms with Crippen LogP contribution in [0, 0.1) is 5.92 Å². The number of carbonyl (C=O) groups is 1. The molecule has 3 aromatic carbocycles. The molecule has 5 rings (SSSR count). The Balaban J connectivity index is 1.39. The van der Waals surface area contributed by atoms with E-state index in [-0.39, 0.29) is 11.1 Å². The van der Waals surface area contributed by atoms with Gasteiger partial charge in [0.05, 0.1) is 10.9 Å². The lowest BCUT2D eigenvalue weighted by molar-refractivity contribution is 0.0665. The molecule has 1 saturated heterocycles. The Morgan fingerprint density at radius 1 is 0.947 bits per heavy atom. The van der Waals surface area contributed by atoms with Crippen molar-refractivity contribution in [3.8, 4) is 0 Å². The molecule has 2 heterocycles. The molecule has 0 aliphatic carbocycles. The van der Waals surface area contributed by atoms with E-state index in [2.05, 4.69) is 33.7 Å². The molecule has 7 heteroatoms. The Kier molecular flexibility index (Phi) is 8.51. The lowest BCUT2D eigenvalue weighted by Crippen LogP contribution is -2.32. The van der Waals surface area contributed by atoms with Crippen molar-refractivity contribution < 1.29 is 9.53 Å². The highest BCUT2D eigenvalue weighted by Crippen LogP contribution is 2.25. The molecule has 0 bridgehead atoms. The van der Waals surface area contributed by atoms with Crippen LogP contribution in [-0.4, -0.2) is 35.9 Å². The number of rotatable bonds is 9. The Morgan fingerprint density at radius 3 is 2.45 bits per heavy atom. The smallest absolute Gasteiger partial charge is 0.275 e. The van der Waals surface area contributed by atoms with Gasteiger partial charge < -0.3 is 10.1 Å². The van der Waals surface area contributed by atoms with Crippen LogP contribution < -0.4 is 10.7 Å². The third-order valence-corrected chi connectivity index (χ3v) is 7.49. The molecule has 1 fully saturated rings. The fourth-order valence-electron chi connectivity index (χ4n) is 5.10. The Morgan fingerprint density at radius 2 is 1.68 bits per heavy atom. The van der Waals surface area contributed by atoms with Gasteiger partial charge in [-0.25, -0.2) is 0 Å². The summed E-state index contributed by atoms with van der Waals surface area (Å²) in [6.07, 6.45) is 5.18. The van der Waals surface area contributed by atoms with E-state index < -0.39 is 5.91 Å². The van der Waals surface area contributed by atoms with Crippen molar-refractivity contribution in [2.75, 3.05) is 19.8 Å². The molecule has 1 amide bonds. The molecule has 0 spiro atoms. The molecule has 6 nitrogen and oxygen atoms in total. The number of H-pyrrole nitrogens is 1. The topological polar surface area (TPSA) is 84.1 Å². The molecule has 38 heavy (non-hydrogen) atoms. The standard InChI is InChI=1S/C31H32ClN3O3/c32-26-10-7-22(8-11-26)12-15-33-31(37)29-30(36)27-20-24(18-23-13-16-38-17-14-23)19-25(28(27)34-35-29)9-6-21-4-2-1-3-5-21/h1-5,7-8,10-11,19-20,23H,6,9,12-18H2,(H,33,37)(H,34,36). The monoisotopic (exact) mass is 529 g/mol. The number of ether oxygens (including phenoxy) is 1. The SMILES string of the molecule is O=C(NCCc1ccc(Cl)cc1)c1n[nH]c2c(CCc3ccccc3)cc(CC3CCOCC3)cc2c1=O. The molecular weight excluding hydrogens is 498 g/mol. The molecule has 1 aliphatic heterocycles. The molecule has 4 aromatic rings. The maximum atomic E-state index is 13.5. The summed E-state index contributed by atoms with van der Waals surface area (Å²) in [6, 6.07) is 21.9. The van der Waals surface area contributed by atoms with Crippen LogP contribution in [0.4, 0.5) is 0 Å². The van der Waals surface area contributed by atoms with E-state index >= 15 is 0 Å². The highest BCUT2D eigenvalue weighted by molar-refractivity contribution is 6.30. The van der Waals surface area contributed by atoms with Crippen LogP contribution >= 0.6 is 11.6 Å². The summed E-state index contributed by atoms with van der Waals surface area (Å²) in [5.41, 5.74) is 4.73. The molecule has 0 saturated carbocycles. The van der Waals surface area contributed by atoms with Crippen LogP contribution in [0.1, 0.15) is 45.6 Å². The predicted octanol–water partition coefficient (Wildman–Crippen LogP) is 5.30. The van der Waals surface area contributed by atoms with Gasteiger partial charge in [0, 0.05) is 24.8 Å². The summed E-state index contributed by atoms with van der Waals surface area (Å²) in [5.74, 6) is 0.0579. The Hall–Kier alpha value is -3.48. The van der Waals surface area contributed by atoms with Crippen LogP contribution in [0.2, 0.25) is 5.02 Å². The molecule has 0 atom stereocenters. The molecule has 0 unspecified atom stereocenters. The van der Waals surface area contributed by atoms with Crippen LogP contribution in [0.3, 0.4) is 0 Å². The number of halogens is 1. The third-order valence-electron chi connectivity index (χ3n) is 7.24. The third kappa shape index (κ3) is 6.50. The molecule has 1 aromatic heterocycles. The number of fused-ring (bicyclic) bond motifs is 1. The predicted molar refractivity (Wildman–Crippen MR) is 151 cm³/mol. The second-order valence-electron chi connectivity index (χ2n) is 9.96. The van der Waals surface area contributed by atoms with Gasteiger partial charge >= 0.3 is 0 Å². The van der Waals surface area contributed by atoms with Gasteiger partial charge in [0.25, 0.3) is 5.91 Å². The first kappa shape index (κ1) is 26.1. The molecule has 196 valence electrons. The van der Waals surface area contributed by atoms with E-state index in [0.717, 1.165) is 62.0 Å². The second-order valence-corrected chi connectivity index (χ2v) is 10.4. The first-order valence-corrected chi connectivity index (χ1v) is 13.6. The Labute approximate surface area is 227 Å². The van der Waals surface area contributed by atoms with Gasteiger partial charge in [-0.05, 0) is 84.9 Å². The van der Waals surface area contributed by atoms with Crippen molar-refractivity contribution in [3.63, 3.8) is 0 Å². The van der Waals surface area contributed by atoms with Crippen molar-refractivity contribution in [2.45, 2.75) is 38.5 Å². The molecule has 0 radical (unpaired) electrons. The zero-order valence-electron chi connectivity index (χ0n) is 21.3. The van der Waals surface area contributed by atoms with Gasteiger partial charge in [0.2, 0.25) is 5.43 Å². The Bertz CT molecular complexity index is 1450. The van der Waals surface area contributed by atoms with Crippen LogP contribution in [0.25, 0.3) is 10.9 Å². The number of nitrogens with one attached hydrogen (secondary N) is 2. The lowest BCUT2D eigenvalue weighted by atomic mass is 9.90. The number of hydrogen-bond acceptors (Lipinski definition) is 4. The first-order valence-electron chi connectivity index (χ1n) is 13.3. The minimum Gasteiger partial charge on any atom is -0.381 e. The van der Waals surface area contributed by atoms with E-state index in [1.807, 2.05) is 48.5 Å². The summed E-state index contributed by atoms with van der Waals surface area (Å²) in [6.45, 7) is 1.96. The van der Waals surface area contributed by atoms with Crippen LogP contribution in [-0.2, 0) is 30.4 Å². The number of benzene rings is 3. The van der Waals surface area contributed by atoms with E-state index in [4.69, 9.17) is 16.3 Å². The van der Waals surface area contributed by atoms with Gasteiger partial charge in [-0.3, -0.25) is 14.7 Å². The van der Waals surface area contributed by atoms with Crippen LogP contribution in [0.15, 0.2) is 71.5 Å². The van der Waals surface area contributed by atoms with E-state index in [9.17, 15) is 9.59 Å². The van der Waals surface area contributed by atoms with Crippen molar-refractivity contribution in [1.82, 2.24) is 15.5 Å². The first-order chi connectivity index (χ1) is 18.6. The van der Waals surface area contributed by atoms with E-state index in [1.165, 1.54) is 5.56 Å². The zero-order chi connectivity index (χ0) is 26.3. The maximum Gasteiger partial charge on any atom is 0.275 e. The largest absolute Gasteiger partial charge is 0.381 e. The number of hydrogen-bond donors (Lipinski definition) is 2. The second kappa shape index (κ2) is 12.4. The van der Waals surface area contributed by atoms with Gasteiger partial charge in [0.1, 0.15) is 0 Å². The van der Waals surface area contributed by atoms with Crippen LogP contribution in [0.5, 0.6) is 0 Å².